The molecule has 1 atom stereocenters. The topological polar surface area (TPSA) is 66.0 Å². The lowest BCUT2D eigenvalue weighted by molar-refractivity contribution is -0.127. The molecule has 27 heavy (non-hydrogen) atoms. The molecule has 2 aromatic carbocycles. The summed E-state index contributed by atoms with van der Waals surface area (Å²) in [4.78, 5) is 12.3. The Kier molecular flexibility index (Phi) is 7.45. The van der Waals surface area contributed by atoms with Crippen LogP contribution in [0.4, 0.5) is 0 Å². The fourth-order valence-electron chi connectivity index (χ4n) is 2.39. The van der Waals surface area contributed by atoms with Gasteiger partial charge in [0.2, 0.25) is 5.75 Å². The lowest BCUT2D eigenvalue weighted by Crippen LogP contribution is -2.36. The molecule has 0 aliphatic heterocycles. The largest absolute Gasteiger partial charge is 0.493 e. The average Bonchev–Trinajstić information content (AvgIpc) is 2.66. The van der Waals surface area contributed by atoms with Crippen LogP contribution in [0.3, 0.4) is 0 Å². The van der Waals surface area contributed by atoms with Gasteiger partial charge in [-0.1, -0.05) is 23.2 Å². The van der Waals surface area contributed by atoms with Gasteiger partial charge in [-0.2, -0.15) is 0 Å². The van der Waals surface area contributed by atoms with Crippen molar-refractivity contribution < 1.29 is 23.7 Å². The molecule has 6 nitrogen and oxygen atoms in total. The first kappa shape index (κ1) is 21.0. The molecule has 0 saturated carbocycles. The fraction of sp³-hybridized carbons (Fsp3) is 0.316. The van der Waals surface area contributed by atoms with Gasteiger partial charge in [0.25, 0.3) is 5.91 Å². The Morgan fingerprint density at radius 1 is 1.00 bits per heavy atom. The predicted molar refractivity (Wildman–Crippen MR) is 104 cm³/mol. The molecule has 0 spiro atoms. The van der Waals surface area contributed by atoms with Crippen LogP contribution in [-0.2, 0) is 11.3 Å². The first-order valence-electron chi connectivity index (χ1n) is 8.07. The van der Waals surface area contributed by atoms with Crippen LogP contribution in [0.1, 0.15) is 12.5 Å². The number of ether oxygens (including phenoxy) is 4. The van der Waals surface area contributed by atoms with Gasteiger partial charge >= 0.3 is 0 Å². The number of amides is 1. The van der Waals surface area contributed by atoms with E-state index in [1.165, 1.54) is 21.3 Å². The molecule has 0 fully saturated rings. The Morgan fingerprint density at radius 2 is 1.63 bits per heavy atom. The Morgan fingerprint density at radius 3 is 2.15 bits per heavy atom. The second kappa shape index (κ2) is 9.58. The van der Waals surface area contributed by atoms with Crippen LogP contribution < -0.4 is 24.3 Å². The van der Waals surface area contributed by atoms with Crippen LogP contribution >= 0.6 is 23.2 Å². The Labute approximate surface area is 168 Å². The molecule has 2 aromatic rings. The molecule has 8 heteroatoms. The van der Waals surface area contributed by atoms with Gasteiger partial charge < -0.3 is 24.3 Å². The van der Waals surface area contributed by atoms with Crippen molar-refractivity contribution in [3.05, 3.63) is 45.9 Å². The molecular weight excluding hydrogens is 393 g/mol. The van der Waals surface area contributed by atoms with Crippen LogP contribution in [0.2, 0.25) is 10.0 Å². The highest BCUT2D eigenvalue weighted by atomic mass is 35.5. The SMILES string of the molecule is COc1cc(CNC(=O)C(C)Oc2ccc(Cl)cc2Cl)cc(OC)c1OC. The van der Waals surface area contributed by atoms with Gasteiger partial charge in [-0.3, -0.25) is 4.79 Å². The smallest absolute Gasteiger partial charge is 0.261 e. The molecule has 0 heterocycles. The third-order valence-electron chi connectivity index (χ3n) is 3.76. The van der Waals surface area contributed by atoms with E-state index in [1.54, 1.807) is 37.3 Å². The quantitative estimate of drug-likeness (QED) is 0.705. The summed E-state index contributed by atoms with van der Waals surface area (Å²) in [7, 11) is 4.60. The van der Waals surface area contributed by atoms with Crippen LogP contribution in [0, 0.1) is 0 Å². The van der Waals surface area contributed by atoms with E-state index in [9.17, 15) is 4.79 Å². The van der Waals surface area contributed by atoms with Crippen LogP contribution in [-0.4, -0.2) is 33.3 Å². The molecule has 0 aromatic heterocycles. The van der Waals surface area contributed by atoms with Crippen molar-refractivity contribution in [1.82, 2.24) is 5.32 Å². The molecule has 0 aliphatic rings. The number of methoxy groups -OCH3 is 3. The van der Waals surface area contributed by atoms with E-state index in [-0.39, 0.29) is 12.5 Å². The fourth-order valence-corrected chi connectivity index (χ4v) is 2.84. The summed E-state index contributed by atoms with van der Waals surface area (Å²) in [5.41, 5.74) is 0.787. The van der Waals surface area contributed by atoms with Crippen molar-refractivity contribution in [3.63, 3.8) is 0 Å². The van der Waals surface area contributed by atoms with E-state index in [2.05, 4.69) is 5.32 Å². The standard InChI is InChI=1S/C19H21Cl2NO5/c1-11(27-15-6-5-13(20)9-14(15)21)19(23)22-10-12-7-16(24-2)18(26-4)17(8-12)25-3/h5-9,11H,10H2,1-4H3,(H,22,23). The normalized spacial score (nSPS) is 11.5. The van der Waals surface area contributed by atoms with Gasteiger partial charge in [0.1, 0.15) is 5.75 Å². The number of benzene rings is 2. The predicted octanol–water partition coefficient (Wildman–Crippen LogP) is 4.10. The minimum absolute atomic E-state index is 0.262. The zero-order valence-corrected chi connectivity index (χ0v) is 17.0. The molecule has 2 rings (SSSR count). The second-order valence-corrected chi connectivity index (χ2v) is 6.43. The molecule has 1 unspecified atom stereocenters. The zero-order valence-electron chi connectivity index (χ0n) is 15.5. The maximum atomic E-state index is 12.3. The minimum Gasteiger partial charge on any atom is -0.493 e. The van der Waals surface area contributed by atoms with E-state index in [1.807, 2.05) is 0 Å². The molecule has 1 N–H and O–H groups in total. The summed E-state index contributed by atoms with van der Waals surface area (Å²) < 4.78 is 21.5. The maximum absolute atomic E-state index is 12.3. The van der Waals surface area contributed by atoms with E-state index in [0.29, 0.717) is 33.0 Å². The summed E-state index contributed by atoms with van der Waals surface area (Å²) in [6.07, 6.45) is -0.745. The zero-order chi connectivity index (χ0) is 20.0. The molecule has 0 bridgehead atoms. The van der Waals surface area contributed by atoms with Gasteiger partial charge in [0, 0.05) is 11.6 Å². The van der Waals surface area contributed by atoms with Crippen molar-refractivity contribution >= 4 is 29.1 Å². The summed E-state index contributed by atoms with van der Waals surface area (Å²) in [6.45, 7) is 1.90. The van der Waals surface area contributed by atoms with Gasteiger partial charge in [-0.15, -0.1) is 0 Å². The van der Waals surface area contributed by atoms with E-state index in [0.717, 1.165) is 5.56 Å². The number of hydrogen-bond acceptors (Lipinski definition) is 5. The molecule has 146 valence electrons. The second-order valence-electron chi connectivity index (χ2n) is 5.59. The van der Waals surface area contributed by atoms with Crippen molar-refractivity contribution in [2.24, 2.45) is 0 Å². The third-order valence-corrected chi connectivity index (χ3v) is 4.29. The third kappa shape index (κ3) is 5.34. The van der Waals surface area contributed by atoms with Crippen LogP contribution in [0.25, 0.3) is 0 Å². The lowest BCUT2D eigenvalue weighted by atomic mass is 10.1. The summed E-state index contributed by atoms with van der Waals surface area (Å²) in [5, 5.41) is 3.64. The first-order chi connectivity index (χ1) is 12.9. The van der Waals surface area contributed by atoms with E-state index < -0.39 is 6.10 Å². The number of carbonyl (C=O) groups excluding carboxylic acids is 1. The lowest BCUT2D eigenvalue weighted by Gasteiger charge is -2.17. The van der Waals surface area contributed by atoms with Crippen molar-refractivity contribution in [2.45, 2.75) is 19.6 Å². The number of carbonyl (C=O) groups is 1. The highest BCUT2D eigenvalue weighted by Crippen LogP contribution is 2.38. The number of rotatable bonds is 8. The molecular formula is C19H21Cl2NO5. The summed E-state index contributed by atoms with van der Waals surface area (Å²) in [5.74, 6) is 1.60. The van der Waals surface area contributed by atoms with Crippen molar-refractivity contribution in [1.29, 1.82) is 0 Å². The van der Waals surface area contributed by atoms with Gasteiger partial charge in [-0.05, 0) is 42.8 Å². The molecule has 1 amide bonds. The average molecular weight is 414 g/mol. The number of halogens is 2. The number of nitrogens with one attached hydrogen (secondary N) is 1. The van der Waals surface area contributed by atoms with Gasteiger partial charge in [-0.25, -0.2) is 0 Å². The Balaban J connectivity index is 2.04. The Hall–Kier alpha value is -2.31. The molecule has 0 saturated heterocycles. The Bertz CT molecular complexity index is 788. The first-order valence-corrected chi connectivity index (χ1v) is 8.83. The van der Waals surface area contributed by atoms with Crippen molar-refractivity contribution in [3.8, 4) is 23.0 Å². The van der Waals surface area contributed by atoms with Gasteiger partial charge in [0.05, 0.1) is 26.4 Å². The highest BCUT2D eigenvalue weighted by molar-refractivity contribution is 6.35. The summed E-state index contributed by atoms with van der Waals surface area (Å²) >= 11 is 11.9. The maximum Gasteiger partial charge on any atom is 0.261 e. The molecule has 0 aliphatic carbocycles. The van der Waals surface area contributed by atoms with Crippen molar-refractivity contribution in [2.75, 3.05) is 21.3 Å². The van der Waals surface area contributed by atoms with Crippen LogP contribution in [0.5, 0.6) is 23.0 Å². The summed E-state index contributed by atoms with van der Waals surface area (Å²) in [6, 6.07) is 8.35. The van der Waals surface area contributed by atoms with Gasteiger partial charge in [0.15, 0.2) is 17.6 Å². The minimum atomic E-state index is -0.745. The van der Waals surface area contributed by atoms with E-state index >= 15 is 0 Å². The number of hydrogen-bond donors (Lipinski definition) is 1. The van der Waals surface area contributed by atoms with E-state index in [4.69, 9.17) is 42.1 Å². The highest BCUT2D eigenvalue weighted by Gasteiger charge is 2.18. The monoisotopic (exact) mass is 413 g/mol. The molecule has 0 radical (unpaired) electrons. The van der Waals surface area contributed by atoms with Crippen LogP contribution in [0.15, 0.2) is 30.3 Å².